The highest BCUT2D eigenvalue weighted by Gasteiger charge is 2.32. The molecular formula is C21H24N6O3. The fraction of sp³-hybridized carbons (Fsp3) is 0.429. The van der Waals surface area contributed by atoms with Crippen LogP contribution in [0.15, 0.2) is 36.7 Å². The van der Waals surface area contributed by atoms with E-state index in [0.29, 0.717) is 17.9 Å². The van der Waals surface area contributed by atoms with Crippen LogP contribution in [0.25, 0.3) is 5.65 Å². The smallest absolute Gasteiger partial charge is 0.258 e. The predicted octanol–water partition coefficient (Wildman–Crippen LogP) is 1.61. The fourth-order valence-corrected chi connectivity index (χ4v) is 4.09. The third-order valence-corrected chi connectivity index (χ3v) is 5.44. The molecule has 156 valence electrons. The molecule has 1 fully saturated rings. The van der Waals surface area contributed by atoms with Crippen LogP contribution in [0.4, 0.5) is 5.82 Å². The highest BCUT2D eigenvalue weighted by Crippen LogP contribution is 2.41. The Labute approximate surface area is 174 Å². The standard InChI is InChI=1S/C21H24N6O3/c1-21(2)10-14-4-3-5-16(20(14)30-21)29-12-19(28)23-15-8-9-26(11-15)18-7-6-17-24-22-13-27(17)25-18/h3-7,13,15H,8-12H2,1-2H3,(H,23,28). The van der Waals surface area contributed by atoms with Crippen LogP contribution < -0.4 is 19.7 Å². The molecule has 2 aliphatic rings. The summed E-state index contributed by atoms with van der Waals surface area (Å²) in [7, 11) is 0. The molecule has 1 N–H and O–H groups in total. The molecule has 5 rings (SSSR count). The van der Waals surface area contributed by atoms with Crippen LogP contribution in [-0.2, 0) is 11.2 Å². The van der Waals surface area contributed by atoms with Crippen LogP contribution in [0.2, 0.25) is 0 Å². The average molecular weight is 408 g/mol. The van der Waals surface area contributed by atoms with E-state index in [1.165, 1.54) is 0 Å². The number of amides is 1. The van der Waals surface area contributed by atoms with E-state index in [1.54, 1.807) is 10.8 Å². The molecule has 3 aromatic rings. The van der Waals surface area contributed by atoms with E-state index in [0.717, 1.165) is 36.5 Å². The first kappa shape index (κ1) is 18.7. The number of nitrogens with zero attached hydrogens (tertiary/aromatic N) is 5. The number of rotatable bonds is 5. The van der Waals surface area contributed by atoms with Crippen LogP contribution in [0.3, 0.4) is 0 Å². The van der Waals surface area contributed by atoms with Gasteiger partial charge in [0.15, 0.2) is 23.8 Å². The number of hydrogen-bond donors (Lipinski definition) is 1. The van der Waals surface area contributed by atoms with Crippen LogP contribution in [0.5, 0.6) is 11.5 Å². The van der Waals surface area contributed by atoms with E-state index in [9.17, 15) is 4.79 Å². The molecule has 30 heavy (non-hydrogen) atoms. The van der Waals surface area contributed by atoms with E-state index >= 15 is 0 Å². The Morgan fingerprint density at radius 3 is 3.13 bits per heavy atom. The molecule has 1 saturated heterocycles. The second-order valence-electron chi connectivity index (χ2n) is 8.40. The molecule has 1 aromatic carbocycles. The predicted molar refractivity (Wildman–Crippen MR) is 110 cm³/mol. The van der Waals surface area contributed by atoms with Crippen molar-refractivity contribution in [1.29, 1.82) is 0 Å². The quantitative estimate of drug-likeness (QED) is 0.685. The number of carbonyl (C=O) groups excluding carboxylic acids is 1. The number of anilines is 1. The molecule has 0 bridgehead atoms. The number of aromatic nitrogens is 4. The molecule has 0 saturated carbocycles. The first-order valence-electron chi connectivity index (χ1n) is 10.1. The summed E-state index contributed by atoms with van der Waals surface area (Å²) in [4.78, 5) is 14.6. The Bertz CT molecular complexity index is 1100. The number of para-hydroxylation sites is 1. The van der Waals surface area contributed by atoms with Crippen LogP contribution in [0.1, 0.15) is 25.8 Å². The Balaban J connectivity index is 1.16. The van der Waals surface area contributed by atoms with Gasteiger partial charge in [-0.1, -0.05) is 12.1 Å². The summed E-state index contributed by atoms with van der Waals surface area (Å²) >= 11 is 0. The zero-order valence-corrected chi connectivity index (χ0v) is 17.0. The number of carbonyl (C=O) groups is 1. The summed E-state index contributed by atoms with van der Waals surface area (Å²) in [5, 5.41) is 15.4. The number of hydrogen-bond acceptors (Lipinski definition) is 7. The molecule has 1 amide bonds. The second-order valence-corrected chi connectivity index (χ2v) is 8.40. The highest BCUT2D eigenvalue weighted by molar-refractivity contribution is 5.78. The number of benzene rings is 1. The van der Waals surface area contributed by atoms with Gasteiger partial charge in [0.1, 0.15) is 17.7 Å². The highest BCUT2D eigenvalue weighted by atomic mass is 16.5. The van der Waals surface area contributed by atoms with Gasteiger partial charge in [-0.15, -0.1) is 15.3 Å². The van der Waals surface area contributed by atoms with Crippen molar-refractivity contribution >= 4 is 17.4 Å². The third kappa shape index (κ3) is 3.62. The minimum atomic E-state index is -0.249. The maximum absolute atomic E-state index is 12.5. The summed E-state index contributed by atoms with van der Waals surface area (Å²) in [6, 6.07) is 9.68. The van der Waals surface area contributed by atoms with Crippen molar-refractivity contribution in [3.63, 3.8) is 0 Å². The van der Waals surface area contributed by atoms with E-state index < -0.39 is 0 Å². The molecule has 4 heterocycles. The molecule has 0 spiro atoms. The van der Waals surface area contributed by atoms with Gasteiger partial charge in [0.05, 0.1) is 0 Å². The van der Waals surface area contributed by atoms with Gasteiger partial charge < -0.3 is 19.7 Å². The van der Waals surface area contributed by atoms with Crippen molar-refractivity contribution in [2.75, 3.05) is 24.6 Å². The molecule has 9 heteroatoms. The summed E-state index contributed by atoms with van der Waals surface area (Å²) < 4.78 is 13.4. The van der Waals surface area contributed by atoms with E-state index in [1.807, 2.05) is 44.2 Å². The van der Waals surface area contributed by atoms with Crippen molar-refractivity contribution in [2.24, 2.45) is 0 Å². The molecule has 9 nitrogen and oxygen atoms in total. The zero-order valence-electron chi connectivity index (χ0n) is 17.0. The number of ether oxygens (including phenoxy) is 2. The Kier molecular flexibility index (Phi) is 4.45. The van der Waals surface area contributed by atoms with Crippen molar-refractivity contribution in [3.8, 4) is 11.5 Å². The summed E-state index contributed by atoms with van der Waals surface area (Å²) in [5.74, 6) is 2.07. The van der Waals surface area contributed by atoms with Gasteiger partial charge in [-0.3, -0.25) is 4.79 Å². The van der Waals surface area contributed by atoms with Gasteiger partial charge in [-0.25, -0.2) is 0 Å². The molecule has 1 atom stereocenters. The second kappa shape index (κ2) is 7.16. The molecule has 2 aromatic heterocycles. The van der Waals surface area contributed by atoms with Gasteiger partial charge in [0, 0.05) is 31.1 Å². The Morgan fingerprint density at radius 1 is 1.33 bits per heavy atom. The fourth-order valence-electron chi connectivity index (χ4n) is 4.09. The number of nitrogens with one attached hydrogen (secondary N) is 1. The monoisotopic (exact) mass is 408 g/mol. The van der Waals surface area contributed by atoms with Gasteiger partial charge >= 0.3 is 0 Å². The van der Waals surface area contributed by atoms with Gasteiger partial charge in [0.25, 0.3) is 5.91 Å². The first-order valence-corrected chi connectivity index (χ1v) is 10.1. The van der Waals surface area contributed by atoms with Crippen molar-refractivity contribution < 1.29 is 14.3 Å². The molecule has 2 aliphatic heterocycles. The SMILES string of the molecule is CC1(C)Cc2cccc(OCC(=O)NC3CCN(c4ccc5nncn5n4)C3)c2O1. The lowest BCUT2D eigenvalue weighted by molar-refractivity contribution is -0.123. The molecule has 1 unspecified atom stereocenters. The Hall–Kier alpha value is -3.36. The third-order valence-electron chi connectivity index (χ3n) is 5.44. The normalized spacial score (nSPS) is 19.5. The molecular weight excluding hydrogens is 384 g/mol. The van der Waals surface area contributed by atoms with Crippen LogP contribution >= 0.6 is 0 Å². The summed E-state index contributed by atoms with van der Waals surface area (Å²) in [6.45, 7) is 5.57. The maximum Gasteiger partial charge on any atom is 0.258 e. The van der Waals surface area contributed by atoms with Crippen LogP contribution in [-0.4, -0.2) is 57.1 Å². The topological polar surface area (TPSA) is 93.9 Å². The van der Waals surface area contributed by atoms with E-state index in [4.69, 9.17) is 9.47 Å². The van der Waals surface area contributed by atoms with E-state index in [-0.39, 0.29) is 24.2 Å². The Morgan fingerprint density at radius 2 is 2.23 bits per heavy atom. The largest absolute Gasteiger partial charge is 0.483 e. The minimum absolute atomic E-state index is 0.0400. The van der Waals surface area contributed by atoms with Crippen molar-refractivity contribution in [3.05, 3.63) is 42.2 Å². The molecule has 0 radical (unpaired) electrons. The van der Waals surface area contributed by atoms with Crippen LogP contribution in [0, 0.1) is 0 Å². The molecule has 0 aliphatic carbocycles. The van der Waals surface area contributed by atoms with Gasteiger partial charge in [-0.05, 0) is 38.5 Å². The lowest BCUT2D eigenvalue weighted by Gasteiger charge is -2.19. The summed E-state index contributed by atoms with van der Waals surface area (Å²) in [6.07, 6.45) is 3.26. The van der Waals surface area contributed by atoms with Gasteiger partial charge in [-0.2, -0.15) is 4.52 Å². The van der Waals surface area contributed by atoms with E-state index in [2.05, 4.69) is 25.5 Å². The lowest BCUT2D eigenvalue weighted by Crippen LogP contribution is -2.39. The van der Waals surface area contributed by atoms with Gasteiger partial charge in [0.2, 0.25) is 0 Å². The number of fused-ring (bicyclic) bond motifs is 2. The van der Waals surface area contributed by atoms with Crippen molar-refractivity contribution in [1.82, 2.24) is 25.1 Å². The average Bonchev–Trinajstić information content (AvgIpc) is 3.42. The maximum atomic E-state index is 12.5. The summed E-state index contributed by atoms with van der Waals surface area (Å²) in [5.41, 5.74) is 1.57. The zero-order chi connectivity index (χ0) is 20.7. The van der Waals surface area contributed by atoms with Crippen molar-refractivity contribution in [2.45, 2.75) is 38.3 Å². The lowest BCUT2D eigenvalue weighted by atomic mass is 10.0. The first-order chi connectivity index (χ1) is 14.5. The minimum Gasteiger partial charge on any atom is -0.483 e.